The standard InChI is InChI=1S/C24H30O11/c1-12-6-5-9-14(25)8-4-2-3-7-13-10-15(11-16(26)17(13)23(32)33-12)34-24-20(29)18(27)19(28)21(35-24)22(30)31/h3,7,10-12,18-21,24,26-29H,2,4-6,8-9H2,1H3,(H,30,31)/b7-3-/t12-,18-,19-,20+,21-,24+/m0/s1. The summed E-state index contributed by atoms with van der Waals surface area (Å²) in [4.78, 5) is 36.1. The van der Waals surface area contributed by atoms with E-state index in [2.05, 4.69) is 0 Å². The van der Waals surface area contributed by atoms with Gasteiger partial charge in [0.1, 0.15) is 41.2 Å². The average molecular weight is 494 g/mol. The van der Waals surface area contributed by atoms with Crippen LogP contribution in [0.4, 0.5) is 0 Å². The number of ketones is 1. The number of Topliss-reactive ketones (excluding diaryl/α,β-unsaturated/α-hetero) is 1. The molecule has 1 aromatic carbocycles. The fourth-order valence-corrected chi connectivity index (χ4v) is 3.97. The molecule has 11 nitrogen and oxygen atoms in total. The fourth-order valence-electron chi connectivity index (χ4n) is 3.97. The molecular formula is C24H30O11. The summed E-state index contributed by atoms with van der Waals surface area (Å²) in [5.74, 6) is -2.78. The van der Waals surface area contributed by atoms with Crippen LogP contribution in [0.1, 0.15) is 61.4 Å². The third-order valence-electron chi connectivity index (χ3n) is 5.89. The Bertz CT molecular complexity index is 972. The van der Waals surface area contributed by atoms with Gasteiger partial charge in [-0.3, -0.25) is 4.79 Å². The number of hydrogen-bond acceptors (Lipinski definition) is 10. The first-order valence-electron chi connectivity index (χ1n) is 11.4. The summed E-state index contributed by atoms with van der Waals surface area (Å²) in [6.07, 6.45) is -3.23. The molecule has 0 spiro atoms. The molecular weight excluding hydrogens is 464 g/mol. The molecule has 0 saturated carbocycles. The summed E-state index contributed by atoms with van der Waals surface area (Å²) in [5.41, 5.74) is 0.110. The predicted octanol–water partition coefficient (Wildman–Crippen LogP) is 1.14. The maximum absolute atomic E-state index is 12.8. The molecule has 0 aliphatic carbocycles. The number of aliphatic hydroxyl groups excluding tert-OH is 3. The number of carboxylic acids is 1. The van der Waals surface area contributed by atoms with Crippen molar-refractivity contribution >= 4 is 23.8 Å². The molecule has 11 heteroatoms. The highest BCUT2D eigenvalue weighted by Gasteiger charge is 2.48. The van der Waals surface area contributed by atoms with E-state index in [0.717, 1.165) is 6.07 Å². The lowest BCUT2D eigenvalue weighted by Crippen LogP contribution is -2.61. The second-order valence-electron chi connectivity index (χ2n) is 8.70. The molecule has 2 aliphatic heterocycles. The molecule has 1 saturated heterocycles. The lowest BCUT2D eigenvalue weighted by Gasteiger charge is -2.38. The smallest absolute Gasteiger partial charge is 0.342 e. The third kappa shape index (κ3) is 6.57. The number of aliphatic carboxylic acids is 1. The van der Waals surface area contributed by atoms with Gasteiger partial charge >= 0.3 is 11.9 Å². The largest absolute Gasteiger partial charge is 0.507 e. The minimum atomic E-state index is -1.88. The van der Waals surface area contributed by atoms with Gasteiger partial charge in [-0.25, -0.2) is 9.59 Å². The second-order valence-corrected chi connectivity index (χ2v) is 8.70. The van der Waals surface area contributed by atoms with Crippen molar-refractivity contribution in [2.75, 3.05) is 0 Å². The van der Waals surface area contributed by atoms with Crippen molar-refractivity contribution in [1.29, 1.82) is 0 Å². The Morgan fingerprint density at radius 2 is 1.77 bits per heavy atom. The number of allylic oxidation sites excluding steroid dienone is 1. The molecule has 5 N–H and O–H groups in total. The third-order valence-corrected chi connectivity index (χ3v) is 5.89. The van der Waals surface area contributed by atoms with Gasteiger partial charge in [-0.05, 0) is 44.2 Å². The van der Waals surface area contributed by atoms with E-state index in [9.17, 15) is 39.9 Å². The van der Waals surface area contributed by atoms with Gasteiger partial charge in [-0.15, -0.1) is 0 Å². The summed E-state index contributed by atoms with van der Waals surface area (Å²) in [7, 11) is 0. The van der Waals surface area contributed by atoms with Crippen LogP contribution < -0.4 is 4.74 Å². The number of carbonyl (C=O) groups excluding carboxylic acids is 2. The zero-order valence-corrected chi connectivity index (χ0v) is 19.2. The Hall–Kier alpha value is -2.99. The van der Waals surface area contributed by atoms with Crippen LogP contribution in [0.25, 0.3) is 6.08 Å². The van der Waals surface area contributed by atoms with Crippen LogP contribution in [0, 0.1) is 0 Å². The summed E-state index contributed by atoms with van der Waals surface area (Å²) in [6.45, 7) is 1.69. The number of carbonyl (C=O) groups is 3. The Balaban J connectivity index is 1.90. The number of rotatable bonds is 3. The number of hydrogen-bond donors (Lipinski definition) is 5. The molecule has 1 fully saturated rings. The van der Waals surface area contributed by atoms with Crippen molar-refractivity contribution < 1.29 is 54.1 Å². The predicted molar refractivity (Wildman–Crippen MR) is 120 cm³/mol. The molecule has 0 radical (unpaired) electrons. The van der Waals surface area contributed by atoms with Crippen LogP contribution in [-0.4, -0.2) is 80.1 Å². The number of benzene rings is 1. The van der Waals surface area contributed by atoms with Gasteiger partial charge in [0, 0.05) is 18.9 Å². The van der Waals surface area contributed by atoms with Crippen LogP contribution in [0.15, 0.2) is 18.2 Å². The van der Waals surface area contributed by atoms with Crippen LogP contribution >= 0.6 is 0 Å². The zero-order chi connectivity index (χ0) is 25.7. The number of fused-ring (bicyclic) bond motifs is 1. The van der Waals surface area contributed by atoms with E-state index < -0.39 is 54.5 Å². The summed E-state index contributed by atoms with van der Waals surface area (Å²) in [6, 6.07) is 2.43. The number of cyclic esters (lactones) is 1. The zero-order valence-electron chi connectivity index (χ0n) is 19.2. The second kappa shape index (κ2) is 11.6. The Kier molecular flexibility index (Phi) is 8.84. The van der Waals surface area contributed by atoms with Crippen molar-refractivity contribution in [3.8, 4) is 11.5 Å². The van der Waals surface area contributed by atoms with E-state index in [4.69, 9.17) is 14.2 Å². The van der Waals surface area contributed by atoms with E-state index >= 15 is 0 Å². The van der Waals surface area contributed by atoms with E-state index in [-0.39, 0.29) is 22.7 Å². The van der Waals surface area contributed by atoms with Gasteiger partial charge in [0.05, 0.1) is 6.10 Å². The number of esters is 1. The average Bonchev–Trinajstić information content (AvgIpc) is 2.78. The molecule has 6 atom stereocenters. The van der Waals surface area contributed by atoms with E-state index in [1.54, 1.807) is 19.1 Å². The summed E-state index contributed by atoms with van der Waals surface area (Å²) < 4.78 is 16.0. The van der Waals surface area contributed by atoms with Crippen LogP contribution in [0.5, 0.6) is 11.5 Å². The van der Waals surface area contributed by atoms with Crippen LogP contribution in [-0.2, 0) is 19.1 Å². The molecule has 3 rings (SSSR count). The van der Waals surface area contributed by atoms with Gasteiger partial charge in [0.15, 0.2) is 6.10 Å². The molecule has 192 valence electrons. The fraction of sp³-hybridized carbons (Fsp3) is 0.542. The number of aliphatic hydroxyl groups is 3. The number of phenolic OH excluding ortho intramolecular Hbond substituents is 1. The molecule has 2 heterocycles. The van der Waals surface area contributed by atoms with Crippen LogP contribution in [0.2, 0.25) is 0 Å². The first kappa shape index (κ1) is 26.6. The highest BCUT2D eigenvalue weighted by molar-refractivity contribution is 5.97. The Morgan fingerprint density at radius 3 is 2.49 bits per heavy atom. The molecule has 2 aliphatic rings. The van der Waals surface area contributed by atoms with E-state index in [0.29, 0.717) is 38.5 Å². The monoisotopic (exact) mass is 494 g/mol. The SMILES string of the molecule is C[C@H]1CCCC(=O)CCC/C=C\c2cc(O[C@@H]3O[C@H](C(=O)O)[C@@H](O)[C@H](O)[C@H]3O)cc(O)c2C(=O)O1. The quantitative estimate of drug-likeness (QED) is 0.380. The van der Waals surface area contributed by atoms with Crippen molar-refractivity contribution in [2.24, 2.45) is 0 Å². The highest BCUT2D eigenvalue weighted by Crippen LogP contribution is 2.33. The Morgan fingerprint density at radius 1 is 1.06 bits per heavy atom. The topological polar surface area (TPSA) is 180 Å². The molecule has 0 unspecified atom stereocenters. The number of carboxylic acid groups (broad SMARTS) is 1. The van der Waals surface area contributed by atoms with Gasteiger partial charge in [0.25, 0.3) is 0 Å². The van der Waals surface area contributed by atoms with Crippen molar-refractivity contribution in [3.63, 3.8) is 0 Å². The van der Waals surface area contributed by atoms with Crippen molar-refractivity contribution in [1.82, 2.24) is 0 Å². The van der Waals surface area contributed by atoms with Crippen molar-refractivity contribution in [2.45, 2.75) is 82.3 Å². The normalized spacial score (nSPS) is 31.5. The number of phenols is 1. The Labute approximate surface area is 201 Å². The maximum atomic E-state index is 12.8. The molecule has 0 bridgehead atoms. The van der Waals surface area contributed by atoms with Gasteiger partial charge in [0.2, 0.25) is 6.29 Å². The minimum absolute atomic E-state index is 0.0974. The number of aromatic hydroxyl groups is 1. The van der Waals surface area contributed by atoms with Gasteiger partial charge < -0.3 is 39.7 Å². The van der Waals surface area contributed by atoms with Crippen molar-refractivity contribution in [3.05, 3.63) is 29.3 Å². The van der Waals surface area contributed by atoms with E-state index in [1.807, 2.05) is 0 Å². The molecule has 35 heavy (non-hydrogen) atoms. The lowest BCUT2D eigenvalue weighted by atomic mass is 9.99. The van der Waals surface area contributed by atoms with E-state index in [1.165, 1.54) is 6.07 Å². The number of ether oxygens (including phenoxy) is 3. The lowest BCUT2D eigenvalue weighted by molar-refractivity contribution is -0.271. The van der Waals surface area contributed by atoms with Gasteiger partial charge in [-0.2, -0.15) is 0 Å². The molecule has 1 aromatic rings. The summed E-state index contributed by atoms with van der Waals surface area (Å²) in [5, 5.41) is 49.8. The molecule has 0 aromatic heterocycles. The summed E-state index contributed by atoms with van der Waals surface area (Å²) >= 11 is 0. The highest BCUT2D eigenvalue weighted by atomic mass is 16.7. The first-order valence-corrected chi connectivity index (χ1v) is 11.4. The first-order chi connectivity index (χ1) is 16.6. The van der Waals surface area contributed by atoms with Crippen LogP contribution in [0.3, 0.4) is 0 Å². The maximum Gasteiger partial charge on any atom is 0.342 e. The molecule has 0 amide bonds. The minimum Gasteiger partial charge on any atom is -0.507 e. The van der Waals surface area contributed by atoms with Gasteiger partial charge in [-0.1, -0.05) is 12.2 Å².